The van der Waals surface area contributed by atoms with E-state index >= 15 is 0 Å². The van der Waals surface area contributed by atoms with Crippen molar-refractivity contribution in [3.63, 3.8) is 0 Å². The second kappa shape index (κ2) is 10.1. The van der Waals surface area contributed by atoms with Crippen LogP contribution in [0.1, 0.15) is 52.0 Å². The molecule has 2 aromatic carbocycles. The molecular formula is C25H29BrN4O3. The molecule has 3 N–H and O–H groups in total. The van der Waals surface area contributed by atoms with E-state index in [0.717, 1.165) is 35.7 Å². The Balaban J connectivity index is 1.60. The number of nitrogens with zero attached hydrogens (tertiary/aromatic N) is 2. The van der Waals surface area contributed by atoms with Crippen LogP contribution in [0, 0.1) is 6.92 Å². The molecule has 4 rings (SSSR count). The largest absolute Gasteiger partial charge is 0.350 e. The van der Waals surface area contributed by atoms with E-state index in [0.29, 0.717) is 17.7 Å². The third-order valence-electron chi connectivity index (χ3n) is 6.42. The van der Waals surface area contributed by atoms with Crippen molar-refractivity contribution in [3.05, 3.63) is 69.7 Å². The van der Waals surface area contributed by atoms with Gasteiger partial charge in [0.25, 0.3) is 17.7 Å². The van der Waals surface area contributed by atoms with Crippen molar-refractivity contribution >= 4 is 33.7 Å². The third kappa shape index (κ3) is 5.28. The molecule has 0 spiro atoms. The summed E-state index contributed by atoms with van der Waals surface area (Å²) in [5.74, 6) is -0.858. The molecule has 2 aromatic rings. The summed E-state index contributed by atoms with van der Waals surface area (Å²) >= 11 is 3.40. The van der Waals surface area contributed by atoms with Gasteiger partial charge in [0.2, 0.25) is 0 Å². The van der Waals surface area contributed by atoms with E-state index in [1.165, 1.54) is 9.80 Å². The zero-order valence-corrected chi connectivity index (χ0v) is 20.3. The summed E-state index contributed by atoms with van der Waals surface area (Å²) in [5, 5.41) is 3.08. The number of carbonyl (C=O) groups excluding carboxylic acids is 3. The molecule has 174 valence electrons. The van der Waals surface area contributed by atoms with E-state index in [4.69, 9.17) is 5.73 Å². The van der Waals surface area contributed by atoms with E-state index in [1.54, 1.807) is 30.3 Å². The molecule has 0 bridgehead atoms. The normalized spacial score (nSPS) is 22.8. The minimum absolute atomic E-state index is 0.00273. The van der Waals surface area contributed by atoms with Gasteiger partial charge >= 0.3 is 0 Å². The maximum Gasteiger partial charge on any atom is 0.264 e. The number of rotatable bonds is 4. The molecule has 2 aliphatic rings. The van der Waals surface area contributed by atoms with Gasteiger partial charge in [0.1, 0.15) is 0 Å². The van der Waals surface area contributed by atoms with E-state index < -0.39 is 6.17 Å². The fourth-order valence-corrected chi connectivity index (χ4v) is 4.92. The van der Waals surface area contributed by atoms with Crippen LogP contribution in [0.15, 0.2) is 53.0 Å². The number of aryl methyl sites for hydroxylation is 1. The second-order valence-electron chi connectivity index (χ2n) is 8.87. The quantitative estimate of drug-likeness (QED) is 0.657. The fourth-order valence-electron chi connectivity index (χ4n) is 4.53. The third-order valence-corrected chi connectivity index (χ3v) is 6.91. The van der Waals surface area contributed by atoms with Gasteiger partial charge in [0, 0.05) is 40.8 Å². The number of nitrogens with two attached hydrogens (primary N) is 1. The second-order valence-corrected chi connectivity index (χ2v) is 9.78. The number of hydrogen-bond acceptors (Lipinski definition) is 4. The van der Waals surface area contributed by atoms with E-state index in [-0.39, 0.29) is 36.3 Å². The highest BCUT2D eigenvalue weighted by Crippen LogP contribution is 2.24. The Morgan fingerprint density at radius 2 is 1.52 bits per heavy atom. The lowest BCUT2D eigenvalue weighted by Gasteiger charge is -2.33. The lowest BCUT2D eigenvalue weighted by molar-refractivity contribution is -0.129. The Kier molecular flexibility index (Phi) is 7.14. The predicted molar refractivity (Wildman–Crippen MR) is 130 cm³/mol. The number of amides is 3. The SMILES string of the molecule is Cc1ccc(C(=O)N2CCN(C(=O)c3cccc(Br)c3)C2C(=O)NC2CCC(N)CC2)cc1. The van der Waals surface area contributed by atoms with Crippen LogP contribution in [-0.2, 0) is 4.79 Å². The van der Waals surface area contributed by atoms with Gasteiger partial charge in [0.05, 0.1) is 0 Å². The first kappa shape index (κ1) is 23.4. The van der Waals surface area contributed by atoms with E-state index in [1.807, 2.05) is 25.1 Å². The predicted octanol–water partition coefficient (Wildman–Crippen LogP) is 3.07. The molecule has 0 radical (unpaired) electrons. The van der Waals surface area contributed by atoms with Crippen LogP contribution < -0.4 is 11.1 Å². The Morgan fingerprint density at radius 1 is 0.909 bits per heavy atom. The molecule has 3 amide bonds. The summed E-state index contributed by atoms with van der Waals surface area (Å²) < 4.78 is 0.777. The first-order valence-corrected chi connectivity index (χ1v) is 12.1. The topological polar surface area (TPSA) is 95.7 Å². The summed E-state index contributed by atoms with van der Waals surface area (Å²) in [6, 6.07) is 14.5. The van der Waals surface area contributed by atoms with Crippen LogP contribution in [0.3, 0.4) is 0 Å². The highest BCUT2D eigenvalue weighted by molar-refractivity contribution is 9.10. The molecule has 1 atom stereocenters. The van der Waals surface area contributed by atoms with Gasteiger partial charge in [-0.2, -0.15) is 0 Å². The fraction of sp³-hybridized carbons (Fsp3) is 0.400. The zero-order valence-electron chi connectivity index (χ0n) is 18.7. The van der Waals surface area contributed by atoms with Crippen molar-refractivity contribution in [3.8, 4) is 0 Å². The first-order chi connectivity index (χ1) is 15.8. The Morgan fingerprint density at radius 3 is 2.12 bits per heavy atom. The minimum atomic E-state index is -0.999. The molecule has 1 heterocycles. The number of hydrogen-bond donors (Lipinski definition) is 2. The highest BCUT2D eigenvalue weighted by atomic mass is 79.9. The summed E-state index contributed by atoms with van der Waals surface area (Å²) in [6.07, 6.45) is 2.29. The number of nitrogens with one attached hydrogen (secondary N) is 1. The van der Waals surface area contributed by atoms with Gasteiger partial charge in [-0.05, 0) is 62.9 Å². The van der Waals surface area contributed by atoms with E-state index in [9.17, 15) is 14.4 Å². The Labute approximate surface area is 202 Å². The van der Waals surface area contributed by atoms with Crippen LogP contribution in [0.4, 0.5) is 0 Å². The lowest BCUT2D eigenvalue weighted by atomic mass is 9.92. The van der Waals surface area contributed by atoms with Crippen molar-refractivity contribution in [2.24, 2.45) is 5.73 Å². The first-order valence-electron chi connectivity index (χ1n) is 11.3. The van der Waals surface area contributed by atoms with Gasteiger partial charge < -0.3 is 20.9 Å². The molecule has 8 heteroatoms. The number of halogens is 1. The number of benzene rings is 2. The zero-order chi connectivity index (χ0) is 23.5. The summed E-state index contributed by atoms with van der Waals surface area (Å²) in [4.78, 5) is 43.2. The molecule has 1 aliphatic heterocycles. The van der Waals surface area contributed by atoms with Crippen LogP contribution in [-0.4, -0.2) is 58.9 Å². The molecule has 1 unspecified atom stereocenters. The van der Waals surface area contributed by atoms with Crippen LogP contribution >= 0.6 is 15.9 Å². The lowest BCUT2D eigenvalue weighted by Crippen LogP contribution is -2.56. The average Bonchev–Trinajstić information content (AvgIpc) is 3.25. The summed E-state index contributed by atoms with van der Waals surface area (Å²) in [5.41, 5.74) is 8.02. The maximum atomic E-state index is 13.5. The Hall–Kier alpha value is -2.71. The average molecular weight is 513 g/mol. The van der Waals surface area contributed by atoms with Gasteiger partial charge in [-0.15, -0.1) is 0 Å². The Bertz CT molecular complexity index is 1030. The maximum absolute atomic E-state index is 13.5. The summed E-state index contributed by atoms with van der Waals surface area (Å²) in [7, 11) is 0. The molecular weight excluding hydrogens is 484 g/mol. The van der Waals surface area contributed by atoms with Crippen LogP contribution in [0.2, 0.25) is 0 Å². The van der Waals surface area contributed by atoms with Gasteiger partial charge in [-0.25, -0.2) is 0 Å². The van der Waals surface area contributed by atoms with Gasteiger partial charge in [-0.3, -0.25) is 14.4 Å². The molecule has 1 saturated carbocycles. The van der Waals surface area contributed by atoms with Crippen molar-refractivity contribution < 1.29 is 14.4 Å². The number of carbonyl (C=O) groups is 3. The monoisotopic (exact) mass is 512 g/mol. The van der Waals surface area contributed by atoms with Crippen molar-refractivity contribution in [1.82, 2.24) is 15.1 Å². The standard InChI is InChI=1S/C25H29BrN4O3/c1-16-5-7-17(8-6-16)24(32)29-13-14-30(25(33)18-3-2-4-19(26)15-18)23(29)22(31)28-21-11-9-20(27)10-12-21/h2-8,15,20-21,23H,9-14,27H2,1H3,(H,28,31). The van der Waals surface area contributed by atoms with Crippen molar-refractivity contribution in [2.75, 3.05) is 13.1 Å². The molecule has 1 saturated heterocycles. The molecule has 1 aliphatic carbocycles. The van der Waals surface area contributed by atoms with Crippen LogP contribution in [0.5, 0.6) is 0 Å². The van der Waals surface area contributed by atoms with Crippen molar-refractivity contribution in [1.29, 1.82) is 0 Å². The molecule has 2 fully saturated rings. The minimum Gasteiger partial charge on any atom is -0.350 e. The van der Waals surface area contributed by atoms with Crippen molar-refractivity contribution in [2.45, 2.75) is 50.9 Å². The highest BCUT2D eigenvalue weighted by Gasteiger charge is 2.43. The van der Waals surface area contributed by atoms with Gasteiger partial charge in [-0.1, -0.05) is 39.7 Å². The summed E-state index contributed by atoms with van der Waals surface area (Å²) in [6.45, 7) is 2.53. The van der Waals surface area contributed by atoms with Gasteiger partial charge in [0.15, 0.2) is 6.17 Å². The molecule has 7 nitrogen and oxygen atoms in total. The molecule has 0 aromatic heterocycles. The van der Waals surface area contributed by atoms with E-state index in [2.05, 4.69) is 21.2 Å². The molecule has 33 heavy (non-hydrogen) atoms. The smallest absolute Gasteiger partial charge is 0.264 e. The van der Waals surface area contributed by atoms with Crippen LogP contribution in [0.25, 0.3) is 0 Å².